The van der Waals surface area contributed by atoms with Crippen LogP contribution in [0.5, 0.6) is 0 Å². The van der Waals surface area contributed by atoms with Gasteiger partial charge in [-0.1, -0.05) is 18.2 Å². The largest absolute Gasteiger partial charge is 0.304 e. The van der Waals surface area contributed by atoms with Gasteiger partial charge in [-0.05, 0) is 28.1 Å². The first kappa shape index (κ1) is 15.0. The minimum atomic E-state index is -0.424. The molecule has 3 aromatic rings. The summed E-state index contributed by atoms with van der Waals surface area (Å²) < 4.78 is 3.60. The first-order valence-corrected chi connectivity index (χ1v) is 7.43. The molecule has 3 rings (SSSR count). The van der Waals surface area contributed by atoms with Gasteiger partial charge in [-0.25, -0.2) is 4.68 Å². The van der Waals surface area contributed by atoms with Gasteiger partial charge in [0.1, 0.15) is 11.6 Å². The number of amides is 1. The maximum Gasteiger partial charge on any atom is 0.278 e. The van der Waals surface area contributed by atoms with E-state index in [9.17, 15) is 10.1 Å². The topological polar surface area (TPSA) is 88.5 Å². The lowest BCUT2D eigenvalue weighted by Gasteiger charge is -2.08. The predicted molar refractivity (Wildman–Crippen MR) is 87.1 cm³/mol. The number of hydrogen-bond donors (Lipinski definition) is 1. The smallest absolute Gasteiger partial charge is 0.278 e. The van der Waals surface area contributed by atoms with Gasteiger partial charge in [-0.3, -0.25) is 9.48 Å². The summed E-state index contributed by atoms with van der Waals surface area (Å²) in [5.41, 5.74) is 1.25. The molecule has 0 radical (unpaired) electrons. The minimum absolute atomic E-state index is 0.234. The number of carbonyl (C=O) groups is 1. The van der Waals surface area contributed by atoms with Crippen molar-refractivity contribution in [2.75, 3.05) is 5.32 Å². The maximum absolute atomic E-state index is 12.4. The highest BCUT2D eigenvalue weighted by atomic mass is 79.9. The number of aryl methyl sites for hydroxylation is 1. The van der Waals surface area contributed by atoms with Crippen molar-refractivity contribution >= 4 is 27.7 Å². The van der Waals surface area contributed by atoms with Crippen LogP contribution in [0, 0.1) is 11.3 Å². The molecule has 0 atom stereocenters. The molecule has 0 aliphatic carbocycles. The first-order valence-electron chi connectivity index (χ1n) is 6.64. The van der Waals surface area contributed by atoms with Crippen LogP contribution in [0.15, 0.2) is 47.2 Å². The van der Waals surface area contributed by atoms with Crippen molar-refractivity contribution < 1.29 is 4.79 Å². The summed E-state index contributed by atoms with van der Waals surface area (Å²) >= 11 is 3.29. The number of halogens is 1. The van der Waals surface area contributed by atoms with Gasteiger partial charge in [-0.15, -0.1) is 0 Å². The molecule has 0 bridgehead atoms. The summed E-state index contributed by atoms with van der Waals surface area (Å²) in [7, 11) is 1.72. The fourth-order valence-corrected chi connectivity index (χ4v) is 2.65. The van der Waals surface area contributed by atoms with Crippen LogP contribution in [0.4, 0.5) is 5.82 Å². The Morgan fingerprint density at radius 3 is 2.70 bits per heavy atom. The Morgan fingerprint density at radius 2 is 2.09 bits per heavy atom. The lowest BCUT2D eigenvalue weighted by atomic mass is 10.3. The van der Waals surface area contributed by atoms with Crippen molar-refractivity contribution in [1.82, 2.24) is 19.6 Å². The molecule has 0 fully saturated rings. The molecular weight excluding hydrogens is 360 g/mol. The van der Waals surface area contributed by atoms with E-state index in [-0.39, 0.29) is 11.3 Å². The van der Waals surface area contributed by atoms with Gasteiger partial charge in [0.05, 0.1) is 16.4 Å². The number of carbonyl (C=O) groups excluding carboxylic acids is 1. The van der Waals surface area contributed by atoms with Gasteiger partial charge in [-0.2, -0.15) is 15.5 Å². The average Bonchev–Trinajstić information content (AvgIpc) is 3.10. The Bertz CT molecular complexity index is 906. The number of anilines is 1. The zero-order valence-corrected chi connectivity index (χ0v) is 13.6. The predicted octanol–water partition coefficient (Wildman–Crippen LogP) is 2.49. The van der Waals surface area contributed by atoms with Crippen molar-refractivity contribution in [2.45, 2.75) is 0 Å². The van der Waals surface area contributed by atoms with Gasteiger partial charge in [0, 0.05) is 13.2 Å². The quantitative estimate of drug-likeness (QED) is 0.766. The molecule has 0 aliphatic rings. The molecular formula is C15H11BrN6O. The molecule has 7 nitrogen and oxygen atoms in total. The third-order valence-electron chi connectivity index (χ3n) is 3.12. The SMILES string of the molecule is Cn1cc(Br)c(C(=O)Nc2c(C#N)cnn2-c2ccccc2)n1. The van der Waals surface area contributed by atoms with Crippen LogP contribution in [0.3, 0.4) is 0 Å². The van der Waals surface area contributed by atoms with Crippen LogP contribution in [0.25, 0.3) is 5.69 Å². The Kier molecular flexibility index (Phi) is 3.95. The van der Waals surface area contributed by atoms with E-state index in [1.807, 2.05) is 36.4 Å². The van der Waals surface area contributed by atoms with Crippen molar-refractivity contribution in [3.05, 3.63) is 58.5 Å². The van der Waals surface area contributed by atoms with Crippen LogP contribution in [-0.2, 0) is 7.05 Å². The number of nitrogens with zero attached hydrogens (tertiary/aromatic N) is 5. The van der Waals surface area contributed by atoms with Crippen molar-refractivity contribution in [1.29, 1.82) is 5.26 Å². The summed E-state index contributed by atoms with van der Waals surface area (Å²) in [4.78, 5) is 12.4. The number of para-hydroxylation sites is 1. The van der Waals surface area contributed by atoms with Crippen molar-refractivity contribution in [2.24, 2.45) is 7.05 Å². The summed E-state index contributed by atoms with van der Waals surface area (Å²) in [5, 5.41) is 20.2. The standard InChI is InChI=1S/C15H11BrN6O/c1-21-9-12(16)13(20-21)15(23)19-14-10(7-17)8-18-22(14)11-5-3-2-4-6-11/h2-6,8-9H,1H3,(H,19,23). The molecule has 0 saturated heterocycles. The van der Waals surface area contributed by atoms with E-state index in [1.165, 1.54) is 15.6 Å². The van der Waals surface area contributed by atoms with E-state index < -0.39 is 5.91 Å². The number of aromatic nitrogens is 4. The third-order valence-corrected chi connectivity index (χ3v) is 3.70. The summed E-state index contributed by atoms with van der Waals surface area (Å²) in [6.07, 6.45) is 3.09. The summed E-state index contributed by atoms with van der Waals surface area (Å²) in [6, 6.07) is 11.3. The Morgan fingerprint density at radius 1 is 1.35 bits per heavy atom. The number of nitriles is 1. The lowest BCUT2D eigenvalue weighted by Crippen LogP contribution is -2.17. The van der Waals surface area contributed by atoms with Gasteiger partial charge in [0.15, 0.2) is 11.5 Å². The zero-order valence-electron chi connectivity index (χ0n) is 12.1. The van der Waals surface area contributed by atoms with Crippen LogP contribution < -0.4 is 5.32 Å². The third kappa shape index (κ3) is 2.86. The highest BCUT2D eigenvalue weighted by Gasteiger charge is 2.19. The van der Waals surface area contributed by atoms with Gasteiger partial charge >= 0.3 is 0 Å². The van der Waals surface area contributed by atoms with E-state index in [0.29, 0.717) is 10.3 Å². The fraction of sp³-hybridized carbons (Fsp3) is 0.0667. The van der Waals surface area contributed by atoms with E-state index >= 15 is 0 Å². The van der Waals surface area contributed by atoms with E-state index in [0.717, 1.165) is 5.69 Å². The zero-order chi connectivity index (χ0) is 16.4. The monoisotopic (exact) mass is 370 g/mol. The molecule has 2 heterocycles. The molecule has 2 aromatic heterocycles. The Labute approximate surface area is 140 Å². The maximum atomic E-state index is 12.4. The highest BCUT2D eigenvalue weighted by Crippen LogP contribution is 2.22. The number of hydrogen-bond acceptors (Lipinski definition) is 4. The second kappa shape index (κ2) is 6.06. The van der Waals surface area contributed by atoms with Crippen LogP contribution in [-0.4, -0.2) is 25.5 Å². The first-order chi connectivity index (χ1) is 11.1. The van der Waals surface area contributed by atoms with E-state index in [1.54, 1.807) is 13.2 Å². The summed E-state index contributed by atoms with van der Waals surface area (Å²) in [5.74, 6) is -0.118. The van der Waals surface area contributed by atoms with Crippen LogP contribution >= 0.6 is 15.9 Å². The van der Waals surface area contributed by atoms with Crippen LogP contribution in [0.2, 0.25) is 0 Å². The number of benzene rings is 1. The molecule has 0 unspecified atom stereocenters. The lowest BCUT2D eigenvalue weighted by molar-refractivity contribution is 0.102. The minimum Gasteiger partial charge on any atom is -0.304 e. The van der Waals surface area contributed by atoms with Gasteiger partial charge in [0.2, 0.25) is 0 Å². The molecule has 1 N–H and O–H groups in total. The molecule has 23 heavy (non-hydrogen) atoms. The molecule has 8 heteroatoms. The molecule has 0 saturated carbocycles. The van der Waals surface area contributed by atoms with E-state index in [2.05, 4.69) is 31.4 Å². The Hall–Kier alpha value is -2.92. The molecule has 114 valence electrons. The molecule has 1 amide bonds. The van der Waals surface area contributed by atoms with Crippen molar-refractivity contribution in [3.63, 3.8) is 0 Å². The number of nitrogens with one attached hydrogen (secondary N) is 1. The van der Waals surface area contributed by atoms with Gasteiger partial charge in [0.25, 0.3) is 5.91 Å². The second-order valence-corrected chi connectivity index (χ2v) is 5.57. The highest BCUT2D eigenvalue weighted by molar-refractivity contribution is 9.10. The van der Waals surface area contributed by atoms with Crippen LogP contribution in [0.1, 0.15) is 16.1 Å². The normalized spacial score (nSPS) is 10.3. The van der Waals surface area contributed by atoms with E-state index in [4.69, 9.17) is 0 Å². The fourth-order valence-electron chi connectivity index (χ4n) is 2.10. The average molecular weight is 371 g/mol. The van der Waals surface area contributed by atoms with Gasteiger partial charge < -0.3 is 5.32 Å². The molecule has 0 aliphatic heterocycles. The van der Waals surface area contributed by atoms with Crippen molar-refractivity contribution in [3.8, 4) is 11.8 Å². The second-order valence-electron chi connectivity index (χ2n) is 4.72. The number of rotatable bonds is 3. The molecule has 1 aromatic carbocycles. The molecule has 0 spiro atoms. The summed E-state index contributed by atoms with van der Waals surface area (Å²) in [6.45, 7) is 0. The Balaban J connectivity index is 2.00.